The molecule has 2 aliphatic rings. The van der Waals surface area contributed by atoms with Gasteiger partial charge in [0.15, 0.2) is 0 Å². The van der Waals surface area contributed by atoms with Gasteiger partial charge in [0, 0.05) is 45.0 Å². The summed E-state index contributed by atoms with van der Waals surface area (Å²) >= 11 is 8.53. The molecule has 2 rings (SSSR count). The third-order valence-electron chi connectivity index (χ3n) is 1.78. The van der Waals surface area contributed by atoms with Crippen molar-refractivity contribution in [3.8, 4) is 0 Å². The first-order valence-corrected chi connectivity index (χ1v) is 8.74. The molecule has 4 heteroatoms. The highest BCUT2D eigenvalue weighted by Crippen LogP contribution is 2.34. The van der Waals surface area contributed by atoms with Gasteiger partial charge in [-0.05, 0) is 0 Å². The third kappa shape index (κ3) is 4.58. The minimum absolute atomic E-state index is 1.03. The smallest absolute Gasteiger partial charge is 0.0229 e. The van der Waals surface area contributed by atoms with Gasteiger partial charge in [-0.2, -0.15) is 47.0 Å². The van der Waals surface area contributed by atoms with Crippen molar-refractivity contribution in [3.05, 3.63) is 0 Å². The zero-order valence-electron chi connectivity index (χ0n) is 7.03. The quantitative estimate of drug-likeness (QED) is 0.494. The van der Waals surface area contributed by atoms with Crippen molar-refractivity contribution in [2.24, 2.45) is 0 Å². The first kappa shape index (κ1) is 9.94. The van der Waals surface area contributed by atoms with Crippen LogP contribution < -0.4 is 0 Å². The van der Waals surface area contributed by atoms with Crippen molar-refractivity contribution < 1.29 is 0 Å². The van der Waals surface area contributed by atoms with E-state index in [2.05, 4.69) is 47.0 Å². The van der Waals surface area contributed by atoms with Gasteiger partial charge in [0.25, 0.3) is 0 Å². The standard InChI is InChI=1S/C8H14S4/c1(9-3-7-5-11-7)2-10-4-8-6-12-8/h7-8H,1-6H2. The monoisotopic (exact) mass is 238 g/mol. The first-order valence-electron chi connectivity index (χ1n) is 4.34. The van der Waals surface area contributed by atoms with E-state index in [1.165, 1.54) is 34.5 Å². The summed E-state index contributed by atoms with van der Waals surface area (Å²) in [7, 11) is 0. The van der Waals surface area contributed by atoms with Crippen molar-refractivity contribution >= 4 is 47.0 Å². The van der Waals surface area contributed by atoms with E-state index in [0.717, 1.165) is 10.5 Å². The summed E-state index contributed by atoms with van der Waals surface area (Å²) in [6, 6.07) is 0. The van der Waals surface area contributed by atoms with Gasteiger partial charge in [0.05, 0.1) is 0 Å². The molecule has 0 N–H and O–H groups in total. The van der Waals surface area contributed by atoms with Crippen LogP contribution in [0.3, 0.4) is 0 Å². The summed E-state index contributed by atoms with van der Waals surface area (Å²) in [5.41, 5.74) is 0. The maximum absolute atomic E-state index is 2.15. The van der Waals surface area contributed by atoms with Crippen LogP contribution in [0.1, 0.15) is 0 Å². The molecule has 0 aromatic carbocycles. The molecule has 2 atom stereocenters. The zero-order chi connectivity index (χ0) is 8.23. The van der Waals surface area contributed by atoms with Crippen molar-refractivity contribution in [2.75, 3.05) is 34.5 Å². The van der Waals surface area contributed by atoms with Gasteiger partial charge in [-0.1, -0.05) is 0 Å². The highest BCUT2D eigenvalue weighted by Gasteiger charge is 2.22. The maximum atomic E-state index is 2.15. The highest BCUT2D eigenvalue weighted by atomic mass is 32.2. The lowest BCUT2D eigenvalue weighted by Gasteiger charge is -1.98. The highest BCUT2D eigenvalue weighted by molar-refractivity contribution is 8.09. The van der Waals surface area contributed by atoms with E-state index in [1.807, 2.05) is 0 Å². The Bertz CT molecular complexity index is 115. The Balaban J connectivity index is 1.31. The molecule has 0 spiro atoms. The number of hydrogen-bond donors (Lipinski definition) is 0. The molecule has 0 amide bonds. The van der Waals surface area contributed by atoms with E-state index >= 15 is 0 Å². The SMILES string of the molecule is C(CSCC1CS1)SCC1CS1. The first-order chi connectivity index (χ1) is 5.95. The van der Waals surface area contributed by atoms with Crippen LogP contribution in [0.2, 0.25) is 0 Å². The molecule has 12 heavy (non-hydrogen) atoms. The van der Waals surface area contributed by atoms with Crippen LogP contribution in [0.4, 0.5) is 0 Å². The van der Waals surface area contributed by atoms with Crippen molar-refractivity contribution in [1.82, 2.24) is 0 Å². The molecule has 70 valence electrons. The predicted molar refractivity (Wildman–Crippen MR) is 67.1 cm³/mol. The summed E-state index contributed by atoms with van der Waals surface area (Å²) in [4.78, 5) is 0. The lowest BCUT2D eigenvalue weighted by atomic mass is 10.6. The molecule has 0 saturated carbocycles. The van der Waals surface area contributed by atoms with Crippen LogP contribution >= 0.6 is 47.0 Å². The van der Waals surface area contributed by atoms with Crippen LogP contribution in [0.25, 0.3) is 0 Å². The van der Waals surface area contributed by atoms with Crippen molar-refractivity contribution in [1.29, 1.82) is 0 Å². The van der Waals surface area contributed by atoms with Gasteiger partial charge in [0.1, 0.15) is 0 Å². The van der Waals surface area contributed by atoms with Crippen LogP contribution in [0.15, 0.2) is 0 Å². The van der Waals surface area contributed by atoms with Crippen LogP contribution in [-0.4, -0.2) is 45.0 Å². The van der Waals surface area contributed by atoms with Gasteiger partial charge in [-0.3, -0.25) is 0 Å². The lowest BCUT2D eigenvalue weighted by molar-refractivity contribution is 1.26. The summed E-state index contributed by atoms with van der Waals surface area (Å²) in [6.07, 6.45) is 0. The molecule has 0 aromatic rings. The van der Waals surface area contributed by atoms with Crippen molar-refractivity contribution in [3.63, 3.8) is 0 Å². The van der Waals surface area contributed by atoms with E-state index in [0.29, 0.717) is 0 Å². The second-order valence-electron chi connectivity index (χ2n) is 3.06. The fraction of sp³-hybridized carbons (Fsp3) is 1.00. The lowest BCUT2D eigenvalue weighted by Crippen LogP contribution is -1.94. The summed E-state index contributed by atoms with van der Waals surface area (Å²) in [5.74, 6) is 8.42. The number of thioether (sulfide) groups is 4. The van der Waals surface area contributed by atoms with E-state index < -0.39 is 0 Å². The Kier molecular flexibility index (Phi) is 4.41. The molecule has 0 aromatic heterocycles. The van der Waals surface area contributed by atoms with Gasteiger partial charge in [0.2, 0.25) is 0 Å². The Morgan fingerprint density at radius 1 is 0.917 bits per heavy atom. The molecule has 0 bridgehead atoms. The topological polar surface area (TPSA) is 0 Å². The summed E-state index contributed by atoms with van der Waals surface area (Å²) in [5, 5.41) is 2.05. The van der Waals surface area contributed by atoms with Crippen LogP contribution in [0, 0.1) is 0 Å². The Hall–Kier alpha value is 1.40. The number of hydrogen-bond acceptors (Lipinski definition) is 4. The Labute approximate surface area is 91.8 Å². The third-order valence-corrected chi connectivity index (χ3v) is 6.67. The molecular weight excluding hydrogens is 224 g/mol. The summed E-state index contributed by atoms with van der Waals surface area (Å²) in [6.45, 7) is 0. The maximum Gasteiger partial charge on any atom is 0.0229 e. The van der Waals surface area contributed by atoms with E-state index in [4.69, 9.17) is 0 Å². The molecule has 0 nitrogen and oxygen atoms in total. The van der Waals surface area contributed by atoms with Crippen LogP contribution in [-0.2, 0) is 0 Å². The van der Waals surface area contributed by atoms with Gasteiger partial charge >= 0.3 is 0 Å². The van der Waals surface area contributed by atoms with E-state index in [-0.39, 0.29) is 0 Å². The Morgan fingerprint density at radius 2 is 1.33 bits per heavy atom. The van der Waals surface area contributed by atoms with Gasteiger partial charge in [-0.15, -0.1) is 0 Å². The van der Waals surface area contributed by atoms with E-state index in [1.54, 1.807) is 0 Å². The minimum atomic E-state index is 1.03. The van der Waals surface area contributed by atoms with Gasteiger partial charge < -0.3 is 0 Å². The van der Waals surface area contributed by atoms with E-state index in [9.17, 15) is 0 Å². The predicted octanol–water partition coefficient (Wildman–Crippen LogP) is 2.68. The molecule has 2 saturated heterocycles. The number of rotatable bonds is 7. The van der Waals surface area contributed by atoms with Gasteiger partial charge in [-0.25, -0.2) is 0 Å². The average Bonchev–Trinajstić information content (AvgIpc) is 2.89. The fourth-order valence-corrected chi connectivity index (χ4v) is 5.07. The summed E-state index contributed by atoms with van der Waals surface area (Å²) < 4.78 is 0. The van der Waals surface area contributed by atoms with Crippen LogP contribution in [0.5, 0.6) is 0 Å². The van der Waals surface area contributed by atoms with Crippen molar-refractivity contribution in [2.45, 2.75) is 10.5 Å². The largest absolute Gasteiger partial charge is 0.160 e. The average molecular weight is 238 g/mol. The zero-order valence-corrected chi connectivity index (χ0v) is 10.3. The molecule has 2 aliphatic heterocycles. The second-order valence-corrected chi connectivity index (χ2v) is 8.03. The fourth-order valence-electron chi connectivity index (χ4n) is 0.876. The molecular formula is C8H14S4. The molecule has 2 unspecified atom stereocenters. The minimum Gasteiger partial charge on any atom is -0.160 e. The normalized spacial score (nSPS) is 32.0. The molecule has 0 aliphatic carbocycles. The molecule has 2 heterocycles. The molecule has 0 radical (unpaired) electrons. The second kappa shape index (κ2) is 5.32. The Morgan fingerprint density at radius 3 is 1.67 bits per heavy atom. The molecule has 2 fully saturated rings.